The molecule has 0 aromatic heterocycles. The Morgan fingerprint density at radius 2 is 1.38 bits per heavy atom. The zero-order valence-electron chi connectivity index (χ0n) is 16.7. The molecule has 0 heterocycles. The Morgan fingerprint density at radius 1 is 0.875 bits per heavy atom. The SMILES string of the molecule is CCCCCCCCCCCCO/N=C(\C)C(C)(C)COC(C)=O. The summed E-state index contributed by atoms with van der Waals surface area (Å²) in [5.41, 5.74) is 0.569. The fourth-order valence-corrected chi connectivity index (χ4v) is 2.31. The summed E-state index contributed by atoms with van der Waals surface area (Å²) in [5, 5.41) is 4.17. The summed E-state index contributed by atoms with van der Waals surface area (Å²) in [4.78, 5) is 16.3. The third-order valence-corrected chi connectivity index (χ3v) is 4.41. The van der Waals surface area contributed by atoms with Crippen molar-refractivity contribution in [3.05, 3.63) is 0 Å². The second-order valence-corrected chi connectivity index (χ2v) is 7.36. The van der Waals surface area contributed by atoms with Crippen LogP contribution in [-0.2, 0) is 14.4 Å². The molecule has 0 atom stereocenters. The zero-order valence-corrected chi connectivity index (χ0v) is 16.7. The van der Waals surface area contributed by atoms with E-state index in [4.69, 9.17) is 9.57 Å². The first kappa shape index (κ1) is 22.9. The van der Waals surface area contributed by atoms with Crippen LogP contribution in [0.5, 0.6) is 0 Å². The third kappa shape index (κ3) is 13.4. The van der Waals surface area contributed by atoms with Crippen molar-refractivity contribution in [1.82, 2.24) is 0 Å². The maximum Gasteiger partial charge on any atom is 0.302 e. The molecular weight excluding hydrogens is 302 g/mol. The number of ether oxygens (including phenoxy) is 1. The molecule has 0 aliphatic heterocycles. The average Bonchev–Trinajstić information content (AvgIpc) is 2.53. The van der Waals surface area contributed by atoms with Crippen molar-refractivity contribution in [2.45, 2.75) is 98.8 Å². The highest BCUT2D eigenvalue weighted by molar-refractivity contribution is 5.87. The van der Waals surface area contributed by atoms with E-state index in [2.05, 4.69) is 12.1 Å². The molecule has 24 heavy (non-hydrogen) atoms. The summed E-state index contributed by atoms with van der Waals surface area (Å²) in [6.07, 6.45) is 13.1. The van der Waals surface area contributed by atoms with Crippen molar-refractivity contribution >= 4 is 11.7 Å². The van der Waals surface area contributed by atoms with Crippen LogP contribution < -0.4 is 0 Å². The van der Waals surface area contributed by atoms with E-state index >= 15 is 0 Å². The van der Waals surface area contributed by atoms with Gasteiger partial charge in [0.05, 0.1) is 5.71 Å². The van der Waals surface area contributed by atoms with Gasteiger partial charge in [-0.3, -0.25) is 4.79 Å². The van der Waals surface area contributed by atoms with Crippen LogP contribution in [0.25, 0.3) is 0 Å². The van der Waals surface area contributed by atoms with Crippen molar-refractivity contribution in [1.29, 1.82) is 0 Å². The van der Waals surface area contributed by atoms with Gasteiger partial charge in [-0.25, -0.2) is 0 Å². The van der Waals surface area contributed by atoms with Crippen LogP contribution in [0.1, 0.15) is 98.8 Å². The molecule has 0 fully saturated rings. The molecule has 0 aromatic carbocycles. The summed E-state index contributed by atoms with van der Waals surface area (Å²) in [5.74, 6) is -0.262. The van der Waals surface area contributed by atoms with Gasteiger partial charge in [-0.05, 0) is 19.8 Å². The lowest BCUT2D eigenvalue weighted by Gasteiger charge is -2.23. The van der Waals surface area contributed by atoms with Crippen LogP contribution in [0.4, 0.5) is 0 Å². The smallest absolute Gasteiger partial charge is 0.302 e. The Balaban J connectivity index is 3.58. The maximum absolute atomic E-state index is 10.9. The number of carbonyl (C=O) groups is 1. The highest BCUT2D eigenvalue weighted by atomic mass is 16.6. The number of hydrogen-bond donors (Lipinski definition) is 0. The molecule has 0 spiro atoms. The predicted molar refractivity (Wildman–Crippen MR) is 101 cm³/mol. The lowest BCUT2D eigenvalue weighted by atomic mass is 9.89. The molecule has 0 aliphatic carbocycles. The molecule has 0 rings (SSSR count). The van der Waals surface area contributed by atoms with Crippen molar-refractivity contribution in [3.63, 3.8) is 0 Å². The Bertz CT molecular complexity index is 351. The molecule has 0 saturated heterocycles. The van der Waals surface area contributed by atoms with E-state index in [1.807, 2.05) is 20.8 Å². The van der Waals surface area contributed by atoms with E-state index in [0.717, 1.165) is 12.1 Å². The van der Waals surface area contributed by atoms with Crippen LogP contribution in [-0.4, -0.2) is 24.9 Å². The molecule has 0 N–H and O–H groups in total. The molecule has 4 nitrogen and oxygen atoms in total. The number of nitrogens with zero attached hydrogens (tertiary/aromatic N) is 1. The number of unbranched alkanes of at least 4 members (excludes halogenated alkanes) is 9. The molecule has 0 saturated carbocycles. The third-order valence-electron chi connectivity index (χ3n) is 4.41. The van der Waals surface area contributed by atoms with Gasteiger partial charge in [0.2, 0.25) is 0 Å². The Kier molecular flexibility index (Phi) is 13.7. The zero-order chi connectivity index (χ0) is 18.3. The van der Waals surface area contributed by atoms with Crippen molar-refractivity contribution in [2.75, 3.05) is 13.2 Å². The van der Waals surface area contributed by atoms with Crippen molar-refractivity contribution in [2.24, 2.45) is 10.6 Å². The van der Waals surface area contributed by atoms with Gasteiger partial charge in [0, 0.05) is 12.3 Å². The molecule has 0 bridgehead atoms. The van der Waals surface area contributed by atoms with Gasteiger partial charge in [0.1, 0.15) is 13.2 Å². The maximum atomic E-state index is 10.9. The standard InChI is InChI=1S/C20H39NO3/c1-6-7-8-9-10-11-12-13-14-15-16-24-21-18(2)20(4,5)17-23-19(3)22/h6-17H2,1-5H3/b21-18+. The summed E-state index contributed by atoms with van der Waals surface area (Å²) < 4.78 is 5.07. The average molecular weight is 342 g/mol. The predicted octanol–water partition coefficient (Wildman–Crippen LogP) is 5.89. The van der Waals surface area contributed by atoms with E-state index in [9.17, 15) is 4.79 Å². The minimum Gasteiger partial charge on any atom is -0.465 e. The molecule has 142 valence electrons. The van der Waals surface area contributed by atoms with E-state index in [0.29, 0.717) is 13.2 Å². The van der Waals surface area contributed by atoms with E-state index < -0.39 is 0 Å². The Hall–Kier alpha value is -1.06. The van der Waals surface area contributed by atoms with Gasteiger partial charge in [-0.1, -0.05) is 77.3 Å². The minimum atomic E-state index is -0.288. The van der Waals surface area contributed by atoms with Crippen LogP contribution >= 0.6 is 0 Å². The van der Waals surface area contributed by atoms with Crippen LogP contribution in [0.2, 0.25) is 0 Å². The van der Waals surface area contributed by atoms with Gasteiger partial charge in [-0.2, -0.15) is 0 Å². The monoisotopic (exact) mass is 341 g/mol. The summed E-state index contributed by atoms with van der Waals surface area (Å²) >= 11 is 0. The first-order valence-electron chi connectivity index (χ1n) is 9.70. The fraction of sp³-hybridized carbons (Fsp3) is 0.900. The normalized spacial score (nSPS) is 12.3. The van der Waals surface area contributed by atoms with Gasteiger partial charge in [0.25, 0.3) is 0 Å². The fourth-order valence-electron chi connectivity index (χ4n) is 2.31. The second kappa shape index (κ2) is 14.3. The number of hydrogen-bond acceptors (Lipinski definition) is 4. The molecule has 0 unspecified atom stereocenters. The first-order chi connectivity index (χ1) is 11.4. The van der Waals surface area contributed by atoms with Crippen molar-refractivity contribution in [3.8, 4) is 0 Å². The number of carbonyl (C=O) groups excluding carboxylic acids is 1. The quantitative estimate of drug-likeness (QED) is 0.161. The molecule has 4 heteroatoms. The lowest BCUT2D eigenvalue weighted by Crippen LogP contribution is -2.29. The number of oxime groups is 1. The first-order valence-corrected chi connectivity index (χ1v) is 9.70. The molecule has 0 aromatic rings. The Labute approximate surface area is 149 Å². The minimum absolute atomic E-state index is 0.262. The molecular formula is C20H39NO3. The summed E-state index contributed by atoms with van der Waals surface area (Å²) in [7, 11) is 0. The van der Waals surface area contributed by atoms with Gasteiger partial charge >= 0.3 is 5.97 Å². The van der Waals surface area contributed by atoms with E-state index in [-0.39, 0.29) is 11.4 Å². The second-order valence-electron chi connectivity index (χ2n) is 7.36. The molecule has 0 amide bonds. The summed E-state index contributed by atoms with van der Waals surface area (Å²) in [6, 6.07) is 0. The highest BCUT2D eigenvalue weighted by Crippen LogP contribution is 2.18. The van der Waals surface area contributed by atoms with Gasteiger partial charge < -0.3 is 9.57 Å². The van der Waals surface area contributed by atoms with Crippen molar-refractivity contribution < 1.29 is 14.4 Å². The topological polar surface area (TPSA) is 47.9 Å². The van der Waals surface area contributed by atoms with Crippen LogP contribution in [0.15, 0.2) is 5.16 Å². The number of rotatable bonds is 15. The van der Waals surface area contributed by atoms with Gasteiger partial charge in [-0.15, -0.1) is 0 Å². The Morgan fingerprint density at radius 3 is 1.88 bits per heavy atom. The molecule has 0 aliphatic rings. The van der Waals surface area contributed by atoms with E-state index in [1.54, 1.807) is 0 Å². The largest absolute Gasteiger partial charge is 0.465 e. The molecule has 0 radical (unpaired) electrons. The number of esters is 1. The van der Waals surface area contributed by atoms with E-state index in [1.165, 1.54) is 64.7 Å². The highest BCUT2D eigenvalue weighted by Gasteiger charge is 2.24. The van der Waals surface area contributed by atoms with Crippen LogP contribution in [0.3, 0.4) is 0 Å². The lowest BCUT2D eigenvalue weighted by molar-refractivity contribution is -0.142. The van der Waals surface area contributed by atoms with Gasteiger partial charge in [0.15, 0.2) is 0 Å². The van der Waals surface area contributed by atoms with Crippen LogP contribution in [0, 0.1) is 5.41 Å². The summed E-state index contributed by atoms with van der Waals surface area (Å²) in [6.45, 7) is 10.6.